The zero-order valence-corrected chi connectivity index (χ0v) is 30.0. The maximum absolute atomic E-state index is 6.95. The van der Waals surface area contributed by atoms with E-state index in [2.05, 4.69) is 133 Å². The Bertz CT molecular complexity index is 3490. The summed E-state index contributed by atoms with van der Waals surface area (Å²) in [5, 5.41) is 11.6. The summed E-state index contributed by atoms with van der Waals surface area (Å²) in [5.74, 6) is 0.632. The average Bonchev–Trinajstić information content (AvgIpc) is 3.85. The van der Waals surface area contributed by atoms with Crippen LogP contribution in [0, 0.1) is 0 Å². The first kappa shape index (κ1) is 30.9. The molecule has 3 aromatic heterocycles. The average molecular weight is 715 g/mol. The summed E-state index contributed by atoms with van der Waals surface area (Å²) in [6.45, 7) is 0. The number of hydrogen-bond acceptors (Lipinski definition) is 4. The summed E-state index contributed by atoms with van der Waals surface area (Å²) in [6, 6.07) is 63.8. The second-order valence-corrected chi connectivity index (χ2v) is 14.4. The molecule has 0 spiro atoms. The van der Waals surface area contributed by atoms with Gasteiger partial charge in [-0.1, -0.05) is 164 Å². The van der Waals surface area contributed by atoms with Gasteiger partial charge in [-0.05, 0) is 61.6 Å². The molecular weight excluding hydrogens is 685 g/mol. The third-order valence-corrected chi connectivity index (χ3v) is 11.3. The summed E-state index contributed by atoms with van der Waals surface area (Å²) in [5.41, 5.74) is 10.0. The smallest absolute Gasteiger partial charge is 0.231 e. The molecule has 260 valence electrons. The first-order valence-electron chi connectivity index (χ1n) is 18.9. The lowest BCUT2D eigenvalue weighted by molar-refractivity contribution is 0.653. The largest absolute Gasteiger partial charge is 0.455 e. The third kappa shape index (κ3) is 4.60. The second-order valence-electron chi connectivity index (χ2n) is 14.4. The first-order chi connectivity index (χ1) is 27.8. The Labute approximate surface area is 320 Å². The fourth-order valence-electron chi connectivity index (χ4n) is 8.71. The summed E-state index contributed by atoms with van der Waals surface area (Å²) >= 11 is 0. The summed E-state index contributed by atoms with van der Waals surface area (Å²) in [4.78, 5) is 10.0. The lowest BCUT2D eigenvalue weighted by Gasteiger charge is -2.12. The monoisotopic (exact) mass is 714 g/mol. The highest BCUT2D eigenvalue weighted by atomic mass is 16.3. The van der Waals surface area contributed by atoms with Gasteiger partial charge in [0.15, 0.2) is 5.82 Å². The van der Waals surface area contributed by atoms with Crippen molar-refractivity contribution in [2.75, 3.05) is 0 Å². The van der Waals surface area contributed by atoms with Crippen molar-refractivity contribution < 1.29 is 8.83 Å². The van der Waals surface area contributed by atoms with Gasteiger partial charge in [-0.25, -0.2) is 4.98 Å². The molecule has 12 aromatic rings. The van der Waals surface area contributed by atoms with Crippen molar-refractivity contribution in [3.05, 3.63) is 182 Å². The number of furan rings is 2. The number of benzene rings is 9. The Morgan fingerprint density at radius 2 is 0.821 bits per heavy atom. The van der Waals surface area contributed by atoms with E-state index in [-0.39, 0.29) is 0 Å². The second kappa shape index (κ2) is 12.0. The minimum absolute atomic E-state index is 0.563. The normalized spacial score (nSPS) is 11.9. The van der Waals surface area contributed by atoms with Crippen molar-refractivity contribution in [3.63, 3.8) is 0 Å². The molecule has 0 aliphatic carbocycles. The molecule has 0 unspecified atom stereocenters. The fraction of sp³-hybridized carbons (Fsp3) is 0. The van der Waals surface area contributed by atoms with Crippen LogP contribution in [0.1, 0.15) is 0 Å². The van der Waals surface area contributed by atoms with Crippen molar-refractivity contribution in [2.24, 2.45) is 0 Å². The molecule has 12 rings (SSSR count). The minimum Gasteiger partial charge on any atom is -0.455 e. The minimum atomic E-state index is 0.563. The molecule has 0 atom stereocenters. The van der Waals surface area contributed by atoms with Crippen LogP contribution in [0.5, 0.6) is 0 Å². The van der Waals surface area contributed by atoms with Crippen LogP contribution >= 0.6 is 0 Å². The quantitative estimate of drug-likeness (QED) is 0.170. The van der Waals surface area contributed by atoms with Crippen LogP contribution < -0.4 is 0 Å². The highest BCUT2D eigenvalue weighted by Gasteiger charge is 2.21. The highest BCUT2D eigenvalue weighted by Crippen LogP contribution is 2.44. The maximum atomic E-state index is 6.95. The Morgan fingerprint density at radius 1 is 0.321 bits per heavy atom. The van der Waals surface area contributed by atoms with E-state index in [9.17, 15) is 0 Å². The van der Waals surface area contributed by atoms with Gasteiger partial charge in [0.25, 0.3) is 0 Å². The summed E-state index contributed by atoms with van der Waals surface area (Å²) in [7, 11) is 0. The zero-order chi connectivity index (χ0) is 36.7. The zero-order valence-electron chi connectivity index (χ0n) is 30.0. The predicted octanol–water partition coefficient (Wildman–Crippen LogP) is 14.4. The highest BCUT2D eigenvalue weighted by molar-refractivity contribution is 6.26. The van der Waals surface area contributed by atoms with Gasteiger partial charge in [-0.15, -0.1) is 0 Å². The van der Waals surface area contributed by atoms with E-state index in [1.165, 1.54) is 32.3 Å². The summed E-state index contributed by atoms with van der Waals surface area (Å²) in [6.07, 6.45) is 0. The molecule has 9 aromatic carbocycles. The molecule has 0 aliphatic rings. The molecule has 3 heterocycles. The first-order valence-corrected chi connectivity index (χ1v) is 18.9. The van der Waals surface area contributed by atoms with Gasteiger partial charge >= 0.3 is 0 Å². The molecule has 0 aliphatic heterocycles. The van der Waals surface area contributed by atoms with Crippen molar-refractivity contribution in [3.8, 4) is 44.9 Å². The predicted molar refractivity (Wildman–Crippen MR) is 231 cm³/mol. The van der Waals surface area contributed by atoms with Gasteiger partial charge in [0, 0.05) is 38.4 Å². The number of aromatic nitrogens is 2. The number of nitrogens with zero attached hydrogens (tertiary/aromatic N) is 2. The van der Waals surface area contributed by atoms with Crippen LogP contribution in [0.15, 0.2) is 191 Å². The van der Waals surface area contributed by atoms with Crippen LogP contribution in [0.2, 0.25) is 0 Å². The van der Waals surface area contributed by atoms with Gasteiger partial charge in [-0.2, -0.15) is 4.98 Å². The van der Waals surface area contributed by atoms with Crippen molar-refractivity contribution >= 4 is 76.3 Å². The fourth-order valence-corrected chi connectivity index (χ4v) is 8.71. The van der Waals surface area contributed by atoms with E-state index in [1.807, 2.05) is 48.5 Å². The molecule has 56 heavy (non-hydrogen) atoms. The molecule has 0 saturated carbocycles. The molecule has 0 N–H and O–H groups in total. The lowest BCUT2D eigenvalue weighted by atomic mass is 9.92. The van der Waals surface area contributed by atoms with Crippen molar-refractivity contribution in [1.29, 1.82) is 0 Å². The van der Waals surface area contributed by atoms with Crippen molar-refractivity contribution in [2.45, 2.75) is 0 Å². The maximum Gasteiger partial charge on any atom is 0.231 e. The Morgan fingerprint density at radius 3 is 1.45 bits per heavy atom. The standard InChI is InChI=1S/C52H30N2O2/c1-3-13-31(14-4-1)48-47-44-28-26-34(30-46(44)55-52(47)54-51(53-48)32-15-5-2-6-16-32)36-22-12-24-43-42-23-11-21-35(49(42)56-50(36)43)33-25-27-41-39-19-8-7-17-37(39)38-18-9-10-20-40(38)45(41)29-33/h1-30H. The van der Waals surface area contributed by atoms with Gasteiger partial charge < -0.3 is 8.83 Å². The third-order valence-electron chi connectivity index (χ3n) is 11.3. The van der Waals surface area contributed by atoms with E-state index >= 15 is 0 Å². The van der Waals surface area contributed by atoms with E-state index < -0.39 is 0 Å². The van der Waals surface area contributed by atoms with Crippen LogP contribution in [-0.2, 0) is 0 Å². The van der Waals surface area contributed by atoms with Crippen LogP contribution in [0.25, 0.3) is 121 Å². The van der Waals surface area contributed by atoms with E-state index in [0.29, 0.717) is 11.5 Å². The molecule has 4 nitrogen and oxygen atoms in total. The van der Waals surface area contributed by atoms with E-state index in [0.717, 1.165) is 77.4 Å². The molecule has 0 fully saturated rings. The molecule has 4 heteroatoms. The lowest BCUT2D eigenvalue weighted by Crippen LogP contribution is -1.93. The van der Waals surface area contributed by atoms with Gasteiger partial charge in [0.1, 0.15) is 16.7 Å². The molecular formula is C52H30N2O2. The number of para-hydroxylation sites is 2. The van der Waals surface area contributed by atoms with E-state index in [1.54, 1.807) is 0 Å². The Hall–Kier alpha value is -7.56. The topological polar surface area (TPSA) is 52.1 Å². The van der Waals surface area contributed by atoms with Crippen LogP contribution in [0.3, 0.4) is 0 Å². The van der Waals surface area contributed by atoms with Gasteiger partial charge in [-0.3, -0.25) is 0 Å². The number of hydrogen-bond donors (Lipinski definition) is 0. The Kier molecular flexibility index (Phi) is 6.60. The summed E-state index contributed by atoms with van der Waals surface area (Å²) < 4.78 is 13.6. The SMILES string of the molecule is c1ccc(-c2nc(-c3ccccc3)c3c(n2)oc2cc(-c4cccc5c4oc4c(-c6ccc7c8ccccc8c8ccccc8c7c6)cccc45)ccc23)cc1. The Balaban J connectivity index is 1.03. The van der Waals surface area contributed by atoms with Gasteiger partial charge in [0.05, 0.1) is 11.1 Å². The van der Waals surface area contributed by atoms with Crippen LogP contribution in [0.4, 0.5) is 0 Å². The number of fused-ring (bicyclic) bond motifs is 12. The molecule has 0 amide bonds. The molecule has 0 bridgehead atoms. The molecule has 0 radical (unpaired) electrons. The molecule has 0 saturated heterocycles. The van der Waals surface area contributed by atoms with Gasteiger partial charge in [0.2, 0.25) is 5.71 Å². The van der Waals surface area contributed by atoms with Crippen molar-refractivity contribution in [1.82, 2.24) is 9.97 Å². The van der Waals surface area contributed by atoms with Crippen LogP contribution in [-0.4, -0.2) is 9.97 Å². The van der Waals surface area contributed by atoms with E-state index in [4.69, 9.17) is 18.8 Å². The number of rotatable bonds is 4.